The smallest absolute Gasteiger partial charge is 0.131 e. The third-order valence-electron chi connectivity index (χ3n) is 3.54. The van der Waals surface area contributed by atoms with Crippen LogP contribution in [0.3, 0.4) is 0 Å². The molecule has 2 heteroatoms. The van der Waals surface area contributed by atoms with Crippen LogP contribution in [0.2, 0.25) is 0 Å². The van der Waals surface area contributed by atoms with Gasteiger partial charge in [-0.3, -0.25) is 0 Å². The zero-order valence-electron chi connectivity index (χ0n) is 11.5. The number of rotatable bonds is 4. The van der Waals surface area contributed by atoms with Gasteiger partial charge in [-0.2, -0.15) is 0 Å². The molecular weight excluding hydrogens is 234 g/mol. The zero-order valence-corrected chi connectivity index (χ0v) is 11.5. The standard InChI is InChI=1S/C17H19NO/c1-3-12-19-13(2)18-16-10-6-4-8-14(16)15-9-5-7-11-17(15)18/h4-11,13H,3,12H2,1-2H3/t13-/m0/s1. The number of aromatic nitrogens is 1. The van der Waals surface area contributed by atoms with E-state index in [-0.39, 0.29) is 6.23 Å². The molecule has 0 bridgehead atoms. The Kier molecular flexibility index (Phi) is 3.26. The van der Waals surface area contributed by atoms with E-state index < -0.39 is 0 Å². The minimum absolute atomic E-state index is 0.0600. The molecule has 3 aromatic rings. The van der Waals surface area contributed by atoms with Gasteiger partial charge in [0.15, 0.2) is 0 Å². The van der Waals surface area contributed by atoms with Gasteiger partial charge in [0.2, 0.25) is 0 Å². The van der Waals surface area contributed by atoms with Crippen molar-refractivity contribution in [2.24, 2.45) is 0 Å². The summed E-state index contributed by atoms with van der Waals surface area (Å²) in [4.78, 5) is 0. The quantitative estimate of drug-likeness (QED) is 0.655. The molecule has 2 nitrogen and oxygen atoms in total. The molecule has 0 fully saturated rings. The second-order valence-corrected chi connectivity index (χ2v) is 4.87. The summed E-state index contributed by atoms with van der Waals surface area (Å²) in [6.45, 7) is 5.05. The fraction of sp³-hybridized carbons (Fsp3) is 0.294. The summed E-state index contributed by atoms with van der Waals surface area (Å²) in [6, 6.07) is 17.1. The monoisotopic (exact) mass is 253 g/mol. The molecule has 0 radical (unpaired) electrons. The van der Waals surface area contributed by atoms with E-state index >= 15 is 0 Å². The second kappa shape index (κ2) is 5.06. The van der Waals surface area contributed by atoms with Gasteiger partial charge >= 0.3 is 0 Å². The van der Waals surface area contributed by atoms with Crippen molar-refractivity contribution >= 4 is 21.8 Å². The first-order valence-corrected chi connectivity index (χ1v) is 6.92. The van der Waals surface area contributed by atoms with Gasteiger partial charge < -0.3 is 9.30 Å². The van der Waals surface area contributed by atoms with E-state index in [0.29, 0.717) is 0 Å². The van der Waals surface area contributed by atoms with Gasteiger partial charge in [-0.25, -0.2) is 0 Å². The molecule has 0 N–H and O–H groups in total. The van der Waals surface area contributed by atoms with Crippen LogP contribution in [0.5, 0.6) is 0 Å². The van der Waals surface area contributed by atoms with Crippen LogP contribution in [-0.2, 0) is 4.74 Å². The Hall–Kier alpha value is -1.80. The highest BCUT2D eigenvalue weighted by Crippen LogP contribution is 2.31. The highest BCUT2D eigenvalue weighted by atomic mass is 16.5. The molecule has 0 spiro atoms. The predicted octanol–water partition coefficient (Wildman–Crippen LogP) is 4.74. The number of benzene rings is 2. The SMILES string of the molecule is CCCO[C@@H](C)n1c2ccccc2c2ccccc21. The van der Waals surface area contributed by atoms with Gasteiger partial charge in [0.1, 0.15) is 6.23 Å². The largest absolute Gasteiger partial charge is 0.358 e. The number of hydrogen-bond acceptors (Lipinski definition) is 1. The molecule has 1 aromatic heterocycles. The Morgan fingerprint density at radius 3 is 2.00 bits per heavy atom. The lowest BCUT2D eigenvalue weighted by Crippen LogP contribution is -2.09. The van der Waals surface area contributed by atoms with E-state index in [0.717, 1.165) is 13.0 Å². The highest BCUT2D eigenvalue weighted by molar-refractivity contribution is 6.08. The fourth-order valence-corrected chi connectivity index (χ4v) is 2.71. The van der Waals surface area contributed by atoms with Gasteiger partial charge in [0, 0.05) is 17.4 Å². The second-order valence-electron chi connectivity index (χ2n) is 4.87. The van der Waals surface area contributed by atoms with E-state index in [4.69, 9.17) is 4.74 Å². The van der Waals surface area contributed by atoms with Crippen molar-refractivity contribution in [2.75, 3.05) is 6.61 Å². The van der Waals surface area contributed by atoms with Gasteiger partial charge in [-0.1, -0.05) is 43.3 Å². The Labute approximate surface area is 113 Å². The average molecular weight is 253 g/mol. The lowest BCUT2D eigenvalue weighted by molar-refractivity contribution is 0.0225. The van der Waals surface area contributed by atoms with E-state index in [1.165, 1.54) is 21.8 Å². The molecule has 2 aromatic carbocycles. The molecule has 0 aliphatic rings. The van der Waals surface area contributed by atoms with E-state index in [1.54, 1.807) is 0 Å². The first kappa shape index (κ1) is 12.2. The van der Waals surface area contributed by atoms with Crippen LogP contribution < -0.4 is 0 Å². The molecule has 19 heavy (non-hydrogen) atoms. The minimum atomic E-state index is 0.0600. The molecule has 1 heterocycles. The molecule has 3 rings (SSSR count). The van der Waals surface area contributed by atoms with Crippen LogP contribution in [0.4, 0.5) is 0 Å². The van der Waals surface area contributed by atoms with Gasteiger partial charge in [0.05, 0.1) is 11.0 Å². The van der Waals surface area contributed by atoms with Gasteiger partial charge in [-0.15, -0.1) is 0 Å². The van der Waals surface area contributed by atoms with Crippen molar-refractivity contribution in [3.63, 3.8) is 0 Å². The van der Waals surface area contributed by atoms with Gasteiger partial charge in [0.25, 0.3) is 0 Å². The topological polar surface area (TPSA) is 14.2 Å². The van der Waals surface area contributed by atoms with Crippen molar-refractivity contribution < 1.29 is 4.74 Å². The Morgan fingerprint density at radius 1 is 0.947 bits per heavy atom. The summed E-state index contributed by atoms with van der Waals surface area (Å²) >= 11 is 0. The summed E-state index contributed by atoms with van der Waals surface area (Å²) < 4.78 is 8.21. The molecule has 1 atom stereocenters. The predicted molar refractivity (Wildman–Crippen MR) is 80.4 cm³/mol. The van der Waals surface area contributed by atoms with Crippen LogP contribution in [0.25, 0.3) is 21.8 Å². The van der Waals surface area contributed by atoms with E-state index in [1.807, 2.05) is 0 Å². The Morgan fingerprint density at radius 2 is 1.47 bits per heavy atom. The summed E-state index contributed by atoms with van der Waals surface area (Å²) in [5.74, 6) is 0. The maximum atomic E-state index is 5.91. The molecule has 0 saturated heterocycles. The van der Waals surface area contributed by atoms with Gasteiger partial charge in [-0.05, 0) is 25.5 Å². The maximum Gasteiger partial charge on any atom is 0.131 e. The third kappa shape index (κ3) is 2.02. The van der Waals surface area contributed by atoms with Crippen molar-refractivity contribution in [3.05, 3.63) is 48.5 Å². The zero-order chi connectivity index (χ0) is 13.2. The number of nitrogens with zero attached hydrogens (tertiary/aromatic N) is 1. The van der Waals surface area contributed by atoms with Crippen molar-refractivity contribution in [1.82, 2.24) is 4.57 Å². The lowest BCUT2D eigenvalue weighted by Gasteiger charge is -2.17. The molecule has 0 aliphatic heterocycles. The van der Waals surface area contributed by atoms with Crippen LogP contribution >= 0.6 is 0 Å². The van der Waals surface area contributed by atoms with E-state index in [9.17, 15) is 0 Å². The Balaban J connectivity index is 2.24. The maximum absolute atomic E-state index is 5.91. The van der Waals surface area contributed by atoms with Crippen LogP contribution in [0.15, 0.2) is 48.5 Å². The minimum Gasteiger partial charge on any atom is -0.358 e. The van der Waals surface area contributed by atoms with E-state index in [2.05, 4.69) is 66.9 Å². The van der Waals surface area contributed by atoms with Crippen LogP contribution in [-0.4, -0.2) is 11.2 Å². The van der Waals surface area contributed by atoms with Crippen molar-refractivity contribution in [2.45, 2.75) is 26.5 Å². The lowest BCUT2D eigenvalue weighted by atomic mass is 10.2. The first-order valence-electron chi connectivity index (χ1n) is 6.92. The van der Waals surface area contributed by atoms with Crippen molar-refractivity contribution in [3.8, 4) is 0 Å². The molecule has 0 saturated carbocycles. The first-order chi connectivity index (χ1) is 9.33. The Bertz CT molecular complexity index is 645. The average Bonchev–Trinajstić information content (AvgIpc) is 2.79. The summed E-state index contributed by atoms with van der Waals surface area (Å²) in [5.41, 5.74) is 2.49. The van der Waals surface area contributed by atoms with Crippen LogP contribution in [0, 0.1) is 0 Å². The molecule has 98 valence electrons. The van der Waals surface area contributed by atoms with Crippen LogP contribution in [0.1, 0.15) is 26.5 Å². The van der Waals surface area contributed by atoms with Crippen molar-refractivity contribution in [1.29, 1.82) is 0 Å². The fourth-order valence-electron chi connectivity index (χ4n) is 2.71. The summed E-state index contributed by atoms with van der Waals surface area (Å²) in [7, 11) is 0. The summed E-state index contributed by atoms with van der Waals surface area (Å²) in [5, 5.41) is 2.59. The molecule has 0 amide bonds. The molecule has 0 aliphatic carbocycles. The summed E-state index contributed by atoms with van der Waals surface area (Å²) in [6.07, 6.45) is 1.10. The molecular formula is C17H19NO. The normalized spacial score (nSPS) is 13.2. The number of para-hydroxylation sites is 2. The number of hydrogen-bond donors (Lipinski definition) is 0. The third-order valence-corrected chi connectivity index (χ3v) is 3.54. The molecule has 0 unspecified atom stereocenters. The number of fused-ring (bicyclic) bond motifs is 3. The highest BCUT2D eigenvalue weighted by Gasteiger charge is 2.14. The number of ether oxygens (including phenoxy) is 1.